The van der Waals surface area contributed by atoms with Gasteiger partial charge in [-0.25, -0.2) is 0 Å². The third kappa shape index (κ3) is 3.24. The average Bonchev–Trinajstić information content (AvgIpc) is 3.24. The van der Waals surface area contributed by atoms with Crippen LogP contribution in [-0.2, 0) is 24.1 Å². The minimum atomic E-state index is -0.235. The van der Waals surface area contributed by atoms with E-state index in [2.05, 4.69) is 22.8 Å². The third-order valence-electron chi connectivity index (χ3n) is 4.99. The molecule has 3 N–H and O–H groups in total. The van der Waals surface area contributed by atoms with Gasteiger partial charge in [-0.3, -0.25) is 20.4 Å². The van der Waals surface area contributed by atoms with Gasteiger partial charge in [0, 0.05) is 27.4 Å². The minimum absolute atomic E-state index is 0.212. The lowest BCUT2D eigenvalue weighted by molar-refractivity contribution is -0.121. The fraction of sp³-hybridized carbons (Fsp3) is 0.300. The van der Waals surface area contributed by atoms with E-state index in [-0.39, 0.29) is 18.2 Å². The standard InChI is InChI=1S/C20H21N3O2S/c1-12-6-7-15-16(11-26-18(15)8-12)20(25)23-22-19(24)9-13-10-21-17-5-3-2-4-14(13)17/h2-5,10-12,21H,6-9H2,1H3,(H,22,24)(H,23,25). The number of benzene rings is 1. The maximum Gasteiger partial charge on any atom is 0.270 e. The van der Waals surface area contributed by atoms with E-state index < -0.39 is 0 Å². The molecule has 0 radical (unpaired) electrons. The molecule has 0 fully saturated rings. The van der Waals surface area contributed by atoms with Gasteiger partial charge < -0.3 is 4.98 Å². The molecule has 1 unspecified atom stereocenters. The molecule has 26 heavy (non-hydrogen) atoms. The molecule has 3 aromatic rings. The van der Waals surface area contributed by atoms with Crippen LogP contribution < -0.4 is 10.9 Å². The second-order valence-corrected chi connectivity index (χ2v) is 7.90. The van der Waals surface area contributed by atoms with Gasteiger partial charge in [0.25, 0.3) is 5.91 Å². The number of carbonyl (C=O) groups excluding carboxylic acids is 2. The van der Waals surface area contributed by atoms with Crippen molar-refractivity contribution in [3.63, 3.8) is 0 Å². The van der Waals surface area contributed by atoms with Gasteiger partial charge in [0.2, 0.25) is 5.91 Å². The van der Waals surface area contributed by atoms with Gasteiger partial charge in [-0.2, -0.15) is 0 Å². The molecule has 0 bridgehead atoms. The van der Waals surface area contributed by atoms with E-state index in [9.17, 15) is 9.59 Å². The van der Waals surface area contributed by atoms with Gasteiger partial charge in [-0.15, -0.1) is 11.3 Å². The zero-order chi connectivity index (χ0) is 18.1. The van der Waals surface area contributed by atoms with Gasteiger partial charge in [0.05, 0.1) is 12.0 Å². The quantitative estimate of drug-likeness (QED) is 0.621. The molecule has 6 heteroatoms. The van der Waals surface area contributed by atoms with Crippen LogP contribution in [0.3, 0.4) is 0 Å². The van der Waals surface area contributed by atoms with Crippen molar-refractivity contribution in [2.45, 2.75) is 32.6 Å². The zero-order valence-electron chi connectivity index (χ0n) is 14.6. The Morgan fingerprint density at radius 1 is 1.27 bits per heavy atom. The first-order chi connectivity index (χ1) is 12.6. The molecule has 5 nitrogen and oxygen atoms in total. The number of rotatable bonds is 3. The maximum atomic E-state index is 12.5. The first-order valence-corrected chi connectivity index (χ1v) is 9.73. The Hall–Kier alpha value is -2.60. The van der Waals surface area contributed by atoms with Crippen molar-refractivity contribution in [1.29, 1.82) is 0 Å². The van der Waals surface area contributed by atoms with E-state index in [0.717, 1.165) is 41.3 Å². The number of aromatic amines is 1. The third-order valence-corrected chi connectivity index (χ3v) is 6.04. The van der Waals surface area contributed by atoms with Crippen LogP contribution in [0.2, 0.25) is 0 Å². The van der Waals surface area contributed by atoms with Gasteiger partial charge in [-0.1, -0.05) is 25.1 Å². The summed E-state index contributed by atoms with van der Waals surface area (Å²) in [6.45, 7) is 2.24. The molecule has 1 aromatic carbocycles. The highest BCUT2D eigenvalue weighted by Crippen LogP contribution is 2.32. The van der Waals surface area contributed by atoms with E-state index in [1.54, 1.807) is 11.3 Å². The van der Waals surface area contributed by atoms with E-state index in [1.165, 1.54) is 4.88 Å². The molecule has 2 aromatic heterocycles. The van der Waals surface area contributed by atoms with Crippen molar-refractivity contribution in [2.24, 2.45) is 5.92 Å². The van der Waals surface area contributed by atoms with E-state index >= 15 is 0 Å². The molecule has 0 saturated carbocycles. The predicted octanol–water partition coefficient (Wildman–Crippen LogP) is 3.36. The Balaban J connectivity index is 1.38. The number of nitrogens with one attached hydrogen (secondary N) is 3. The number of amides is 2. The summed E-state index contributed by atoms with van der Waals surface area (Å²) in [6.07, 6.45) is 5.13. The largest absolute Gasteiger partial charge is 0.361 e. The summed E-state index contributed by atoms with van der Waals surface area (Å²) in [5, 5.41) is 2.93. The van der Waals surface area contributed by atoms with E-state index in [1.807, 2.05) is 35.8 Å². The van der Waals surface area contributed by atoms with Crippen LogP contribution in [0, 0.1) is 5.92 Å². The highest BCUT2D eigenvalue weighted by atomic mass is 32.1. The summed E-state index contributed by atoms with van der Waals surface area (Å²) < 4.78 is 0. The lowest BCUT2D eigenvalue weighted by Gasteiger charge is -2.18. The molecule has 1 atom stereocenters. The van der Waals surface area contributed by atoms with Crippen LogP contribution in [0.4, 0.5) is 0 Å². The SMILES string of the molecule is CC1CCc2c(C(=O)NNC(=O)Cc3c[nH]c4ccccc34)csc2C1. The van der Waals surface area contributed by atoms with Gasteiger partial charge >= 0.3 is 0 Å². The lowest BCUT2D eigenvalue weighted by Crippen LogP contribution is -2.42. The Kier molecular flexibility index (Phi) is 4.51. The van der Waals surface area contributed by atoms with Crippen molar-refractivity contribution >= 4 is 34.1 Å². The predicted molar refractivity (Wildman–Crippen MR) is 103 cm³/mol. The second-order valence-electron chi connectivity index (χ2n) is 6.94. The van der Waals surface area contributed by atoms with Crippen molar-refractivity contribution in [2.75, 3.05) is 0 Å². The van der Waals surface area contributed by atoms with Crippen LogP contribution in [-0.4, -0.2) is 16.8 Å². The summed E-state index contributed by atoms with van der Waals surface area (Å²) in [5.41, 5.74) is 8.86. The number of carbonyl (C=O) groups is 2. The van der Waals surface area contributed by atoms with Gasteiger partial charge in [0.15, 0.2) is 0 Å². The molecule has 1 aliphatic carbocycles. The Bertz CT molecular complexity index is 973. The number of hydrogen-bond donors (Lipinski definition) is 3. The summed E-state index contributed by atoms with van der Waals surface area (Å²) in [7, 11) is 0. The minimum Gasteiger partial charge on any atom is -0.361 e. The van der Waals surface area contributed by atoms with Crippen molar-refractivity contribution in [1.82, 2.24) is 15.8 Å². The highest BCUT2D eigenvalue weighted by molar-refractivity contribution is 7.10. The van der Waals surface area contributed by atoms with Crippen LogP contribution in [0.1, 0.15) is 39.7 Å². The number of hydrogen-bond acceptors (Lipinski definition) is 3. The topological polar surface area (TPSA) is 74.0 Å². The van der Waals surface area contributed by atoms with Crippen molar-refractivity contribution < 1.29 is 9.59 Å². The molecular weight excluding hydrogens is 346 g/mol. The normalized spacial score (nSPS) is 16.3. The maximum absolute atomic E-state index is 12.5. The van der Waals surface area contributed by atoms with E-state index in [4.69, 9.17) is 0 Å². The molecule has 134 valence electrons. The number of hydrazine groups is 1. The number of thiophene rings is 1. The molecule has 4 rings (SSSR count). The van der Waals surface area contributed by atoms with Crippen molar-refractivity contribution in [3.8, 4) is 0 Å². The number of H-pyrrole nitrogens is 1. The molecule has 2 amide bonds. The molecule has 1 aliphatic rings. The molecule has 0 spiro atoms. The summed E-state index contributed by atoms with van der Waals surface area (Å²) in [6, 6.07) is 7.84. The monoisotopic (exact) mass is 367 g/mol. The first kappa shape index (κ1) is 16.8. The number of para-hydroxylation sites is 1. The van der Waals surface area contributed by atoms with Crippen LogP contribution >= 0.6 is 11.3 Å². The zero-order valence-corrected chi connectivity index (χ0v) is 15.4. The Morgan fingerprint density at radius 3 is 3.00 bits per heavy atom. The summed E-state index contributed by atoms with van der Waals surface area (Å²) >= 11 is 1.65. The fourth-order valence-electron chi connectivity index (χ4n) is 3.56. The average molecular weight is 367 g/mol. The van der Waals surface area contributed by atoms with E-state index in [0.29, 0.717) is 11.5 Å². The Labute approximate surface area is 155 Å². The molecule has 0 aliphatic heterocycles. The Morgan fingerprint density at radius 2 is 2.12 bits per heavy atom. The molecule has 2 heterocycles. The summed E-state index contributed by atoms with van der Waals surface area (Å²) in [4.78, 5) is 29.1. The lowest BCUT2D eigenvalue weighted by atomic mass is 9.88. The number of fused-ring (bicyclic) bond motifs is 2. The molecular formula is C20H21N3O2S. The number of aromatic nitrogens is 1. The van der Waals surface area contributed by atoms with Crippen LogP contribution in [0.25, 0.3) is 10.9 Å². The fourth-order valence-corrected chi connectivity index (χ4v) is 4.80. The summed E-state index contributed by atoms with van der Waals surface area (Å²) in [5.74, 6) is 0.207. The van der Waals surface area contributed by atoms with Crippen molar-refractivity contribution in [3.05, 3.63) is 57.4 Å². The second kappa shape index (κ2) is 6.96. The highest BCUT2D eigenvalue weighted by Gasteiger charge is 2.23. The van der Waals surface area contributed by atoms with Gasteiger partial charge in [0.1, 0.15) is 0 Å². The van der Waals surface area contributed by atoms with Crippen LogP contribution in [0.15, 0.2) is 35.8 Å². The van der Waals surface area contributed by atoms with Gasteiger partial charge in [-0.05, 0) is 42.4 Å². The van der Waals surface area contributed by atoms with Crippen LogP contribution in [0.5, 0.6) is 0 Å². The molecule has 0 saturated heterocycles. The smallest absolute Gasteiger partial charge is 0.270 e. The first-order valence-electron chi connectivity index (χ1n) is 8.85.